The molecule has 1 aliphatic rings. The van der Waals surface area contributed by atoms with Crippen molar-refractivity contribution in [1.29, 1.82) is 0 Å². The highest BCUT2D eigenvalue weighted by molar-refractivity contribution is 6.13. The summed E-state index contributed by atoms with van der Waals surface area (Å²) in [5.74, 6) is 1.94. The van der Waals surface area contributed by atoms with E-state index in [1.54, 1.807) is 0 Å². The van der Waals surface area contributed by atoms with Crippen LogP contribution in [-0.2, 0) is 5.41 Å². The lowest BCUT2D eigenvalue weighted by Crippen LogP contribution is -2.28. The lowest BCUT2D eigenvalue weighted by atomic mass is 9.67. The maximum atomic E-state index is 6.79. The van der Waals surface area contributed by atoms with E-state index in [0.29, 0.717) is 17.5 Å². The number of rotatable bonds is 6. The molecule has 2 aromatic heterocycles. The second kappa shape index (κ2) is 13.6. The number of furan rings is 1. The zero-order chi connectivity index (χ0) is 39.6. The van der Waals surface area contributed by atoms with Gasteiger partial charge in [0, 0.05) is 27.5 Å². The molecular formula is C56H35N3O. The van der Waals surface area contributed by atoms with E-state index in [1.165, 1.54) is 33.4 Å². The van der Waals surface area contributed by atoms with Crippen LogP contribution in [0.5, 0.6) is 0 Å². The van der Waals surface area contributed by atoms with Gasteiger partial charge in [0.1, 0.15) is 11.2 Å². The molecule has 4 nitrogen and oxygen atoms in total. The third-order valence-corrected chi connectivity index (χ3v) is 12.2. The minimum atomic E-state index is -0.491. The first-order chi connectivity index (χ1) is 29.7. The monoisotopic (exact) mass is 765 g/mol. The van der Waals surface area contributed by atoms with Gasteiger partial charge in [0.25, 0.3) is 0 Å². The van der Waals surface area contributed by atoms with Gasteiger partial charge in [-0.05, 0) is 79.5 Å². The summed E-state index contributed by atoms with van der Waals surface area (Å²) in [6, 6.07) is 75.2. The molecule has 11 aromatic rings. The summed E-state index contributed by atoms with van der Waals surface area (Å²) >= 11 is 0. The fraction of sp³-hybridized carbons (Fsp3) is 0.0179. The molecule has 280 valence electrons. The van der Waals surface area contributed by atoms with Crippen LogP contribution in [0.3, 0.4) is 0 Å². The topological polar surface area (TPSA) is 51.8 Å². The highest BCUT2D eigenvalue weighted by Gasteiger charge is 2.46. The molecule has 0 atom stereocenters. The Balaban J connectivity index is 0.967. The smallest absolute Gasteiger partial charge is 0.164 e. The molecular weight excluding hydrogens is 731 g/mol. The van der Waals surface area contributed by atoms with E-state index >= 15 is 0 Å². The minimum absolute atomic E-state index is 0.491. The summed E-state index contributed by atoms with van der Waals surface area (Å²) in [7, 11) is 0. The van der Waals surface area contributed by atoms with Gasteiger partial charge in [-0.25, -0.2) is 15.0 Å². The molecule has 0 unspecified atom stereocenters. The van der Waals surface area contributed by atoms with Crippen molar-refractivity contribution in [1.82, 2.24) is 15.0 Å². The zero-order valence-electron chi connectivity index (χ0n) is 32.5. The third kappa shape index (κ3) is 5.28. The average Bonchev–Trinajstić information content (AvgIpc) is 3.86. The standard InChI is InChI=1S/C56H35N3O/c1-4-15-36(16-5-1)53-57-54(37-17-6-2-7-18-37)59-55(58-53)41-30-28-38-33-40(29-27-39(38)34-41)44-23-14-26-50-52(44)47-32-31-43(35-51(47)60-50)56(42-19-8-3-9-20-42)48-24-12-10-21-45(48)46-22-11-13-25-49(46)56/h1-35H. The molecule has 60 heavy (non-hydrogen) atoms. The summed E-state index contributed by atoms with van der Waals surface area (Å²) in [4.78, 5) is 14.8. The lowest BCUT2D eigenvalue weighted by molar-refractivity contribution is 0.665. The molecule has 9 aromatic carbocycles. The van der Waals surface area contributed by atoms with Crippen LogP contribution in [0.1, 0.15) is 22.3 Å². The van der Waals surface area contributed by atoms with Crippen molar-refractivity contribution in [2.24, 2.45) is 0 Å². The number of fused-ring (bicyclic) bond motifs is 7. The molecule has 0 N–H and O–H groups in total. The molecule has 0 spiro atoms. The van der Waals surface area contributed by atoms with Crippen molar-refractivity contribution >= 4 is 32.7 Å². The van der Waals surface area contributed by atoms with Crippen molar-refractivity contribution in [2.45, 2.75) is 5.41 Å². The molecule has 1 aliphatic carbocycles. The van der Waals surface area contributed by atoms with Gasteiger partial charge in [-0.1, -0.05) is 188 Å². The summed E-state index contributed by atoms with van der Waals surface area (Å²) in [5, 5.41) is 4.45. The second-order valence-corrected chi connectivity index (χ2v) is 15.5. The van der Waals surface area contributed by atoms with E-state index in [2.05, 4.69) is 152 Å². The molecule has 0 saturated heterocycles. The Morgan fingerprint density at radius 2 is 0.850 bits per heavy atom. The molecule has 0 aliphatic heterocycles. The molecule has 4 heteroatoms. The highest BCUT2D eigenvalue weighted by Crippen LogP contribution is 2.56. The Labute approximate surface area is 347 Å². The van der Waals surface area contributed by atoms with Crippen LogP contribution in [0.25, 0.3) is 89.1 Å². The first kappa shape index (κ1) is 34.1. The Kier molecular flexibility index (Phi) is 7.72. The quantitative estimate of drug-likeness (QED) is 0.169. The Morgan fingerprint density at radius 1 is 0.333 bits per heavy atom. The number of hydrogen-bond donors (Lipinski definition) is 0. The van der Waals surface area contributed by atoms with Gasteiger partial charge in [-0.2, -0.15) is 0 Å². The fourth-order valence-electron chi connectivity index (χ4n) is 9.50. The molecule has 0 radical (unpaired) electrons. The molecule has 0 saturated carbocycles. The van der Waals surface area contributed by atoms with Crippen molar-refractivity contribution < 1.29 is 4.42 Å². The Bertz CT molecular complexity index is 3330. The van der Waals surface area contributed by atoms with Crippen LogP contribution >= 0.6 is 0 Å². The van der Waals surface area contributed by atoms with E-state index in [-0.39, 0.29) is 0 Å². The number of benzene rings is 9. The van der Waals surface area contributed by atoms with Crippen molar-refractivity contribution in [3.63, 3.8) is 0 Å². The van der Waals surface area contributed by atoms with Crippen LogP contribution in [0.15, 0.2) is 217 Å². The maximum Gasteiger partial charge on any atom is 0.164 e. The maximum absolute atomic E-state index is 6.79. The van der Waals surface area contributed by atoms with Gasteiger partial charge < -0.3 is 4.42 Å². The molecule has 12 rings (SSSR count). The summed E-state index contributed by atoms with van der Waals surface area (Å²) in [6.45, 7) is 0. The van der Waals surface area contributed by atoms with E-state index in [4.69, 9.17) is 19.4 Å². The number of hydrogen-bond acceptors (Lipinski definition) is 4. The summed E-state index contributed by atoms with van der Waals surface area (Å²) in [5.41, 5.74) is 13.9. The normalized spacial score (nSPS) is 12.8. The van der Waals surface area contributed by atoms with E-state index in [1.807, 2.05) is 60.7 Å². The first-order valence-corrected chi connectivity index (χ1v) is 20.3. The van der Waals surface area contributed by atoms with Gasteiger partial charge in [0.05, 0.1) is 5.41 Å². The fourth-order valence-corrected chi connectivity index (χ4v) is 9.50. The summed E-state index contributed by atoms with van der Waals surface area (Å²) < 4.78 is 6.79. The highest BCUT2D eigenvalue weighted by atomic mass is 16.3. The molecule has 0 bridgehead atoms. The van der Waals surface area contributed by atoms with Crippen molar-refractivity contribution in [3.05, 3.63) is 235 Å². The van der Waals surface area contributed by atoms with E-state index in [9.17, 15) is 0 Å². The van der Waals surface area contributed by atoms with Crippen LogP contribution < -0.4 is 0 Å². The van der Waals surface area contributed by atoms with Gasteiger partial charge >= 0.3 is 0 Å². The van der Waals surface area contributed by atoms with Gasteiger partial charge in [0.15, 0.2) is 17.5 Å². The lowest BCUT2D eigenvalue weighted by Gasteiger charge is -2.33. The summed E-state index contributed by atoms with van der Waals surface area (Å²) in [6.07, 6.45) is 0. The van der Waals surface area contributed by atoms with Gasteiger partial charge in [-0.15, -0.1) is 0 Å². The minimum Gasteiger partial charge on any atom is -0.456 e. The number of aromatic nitrogens is 3. The van der Waals surface area contributed by atoms with Gasteiger partial charge in [-0.3, -0.25) is 0 Å². The predicted molar refractivity (Wildman–Crippen MR) is 244 cm³/mol. The average molecular weight is 766 g/mol. The zero-order valence-corrected chi connectivity index (χ0v) is 32.5. The van der Waals surface area contributed by atoms with Gasteiger partial charge in [0.2, 0.25) is 0 Å². The van der Waals surface area contributed by atoms with Crippen molar-refractivity contribution in [3.8, 4) is 56.4 Å². The van der Waals surface area contributed by atoms with Crippen molar-refractivity contribution in [2.75, 3.05) is 0 Å². The SMILES string of the molecule is c1ccc(-c2nc(-c3ccccc3)nc(-c3ccc4cc(-c5cccc6oc7cc(C8(c9ccccc9)c9ccccc9-c9ccccc98)ccc7c56)ccc4c3)n2)cc1. The second-order valence-electron chi connectivity index (χ2n) is 15.5. The molecule has 0 amide bonds. The predicted octanol–water partition coefficient (Wildman–Crippen LogP) is 14.0. The molecule has 0 fully saturated rings. The largest absolute Gasteiger partial charge is 0.456 e. The van der Waals surface area contributed by atoms with E-state index < -0.39 is 5.41 Å². The van der Waals surface area contributed by atoms with Crippen LogP contribution in [0, 0.1) is 0 Å². The first-order valence-electron chi connectivity index (χ1n) is 20.3. The van der Waals surface area contributed by atoms with E-state index in [0.717, 1.165) is 60.5 Å². The van der Waals surface area contributed by atoms with Crippen LogP contribution in [0.4, 0.5) is 0 Å². The molecule has 2 heterocycles. The Morgan fingerprint density at radius 3 is 1.48 bits per heavy atom. The van der Waals surface area contributed by atoms with Crippen LogP contribution in [-0.4, -0.2) is 15.0 Å². The number of nitrogens with zero attached hydrogens (tertiary/aromatic N) is 3. The Hall–Kier alpha value is -7.95. The third-order valence-electron chi connectivity index (χ3n) is 12.2. The van der Waals surface area contributed by atoms with Crippen LogP contribution in [0.2, 0.25) is 0 Å².